The van der Waals surface area contributed by atoms with E-state index in [1.807, 2.05) is 13.8 Å². The Hall–Kier alpha value is -0.260. The van der Waals surface area contributed by atoms with Crippen molar-refractivity contribution in [2.24, 2.45) is 0 Å². The first-order chi connectivity index (χ1) is 7.65. The van der Waals surface area contributed by atoms with Gasteiger partial charge in [-0.2, -0.15) is 11.8 Å². The average molecular weight is 249 g/mol. The predicted molar refractivity (Wildman–Crippen MR) is 67.7 cm³/mol. The lowest BCUT2D eigenvalue weighted by Gasteiger charge is -2.18. The van der Waals surface area contributed by atoms with Crippen LogP contribution in [0.4, 0.5) is 0 Å². The molecule has 2 N–H and O–H groups in total. The highest BCUT2D eigenvalue weighted by Crippen LogP contribution is 2.15. The zero-order chi connectivity index (χ0) is 12.4. The van der Waals surface area contributed by atoms with Crippen LogP contribution in [0.25, 0.3) is 0 Å². The lowest BCUT2D eigenvalue weighted by atomic mass is 10.3. The van der Waals surface area contributed by atoms with E-state index in [1.165, 1.54) is 0 Å². The fourth-order valence-corrected chi connectivity index (χ4v) is 2.27. The van der Waals surface area contributed by atoms with Crippen molar-refractivity contribution in [2.75, 3.05) is 25.5 Å². The van der Waals surface area contributed by atoms with Crippen molar-refractivity contribution < 1.29 is 14.6 Å². The van der Waals surface area contributed by atoms with Crippen LogP contribution in [-0.2, 0) is 9.53 Å². The summed E-state index contributed by atoms with van der Waals surface area (Å²) in [7, 11) is 0. The fraction of sp³-hybridized carbons (Fsp3) is 0.909. The van der Waals surface area contributed by atoms with Crippen molar-refractivity contribution in [3.63, 3.8) is 0 Å². The standard InChI is InChI=1S/C11H23NO3S/c1-4-12-10(11(14)15-5-2)8-16-9(3)6-7-13/h9-10,12-13H,4-8H2,1-3H3. The Morgan fingerprint density at radius 3 is 2.69 bits per heavy atom. The monoisotopic (exact) mass is 249 g/mol. The van der Waals surface area contributed by atoms with Gasteiger partial charge in [0.05, 0.1) is 6.61 Å². The number of ether oxygens (including phenoxy) is 1. The molecule has 0 aromatic heterocycles. The molecule has 2 unspecified atom stereocenters. The number of esters is 1. The molecule has 0 amide bonds. The number of carbonyl (C=O) groups excluding carboxylic acids is 1. The quantitative estimate of drug-likeness (QED) is 0.598. The van der Waals surface area contributed by atoms with E-state index in [4.69, 9.17) is 9.84 Å². The second kappa shape index (κ2) is 9.93. The second-order valence-electron chi connectivity index (χ2n) is 3.52. The normalized spacial score (nSPS) is 14.5. The molecule has 2 atom stereocenters. The number of hydrogen-bond acceptors (Lipinski definition) is 5. The molecule has 0 spiro atoms. The Kier molecular flexibility index (Phi) is 9.77. The van der Waals surface area contributed by atoms with E-state index in [1.54, 1.807) is 11.8 Å². The number of carbonyl (C=O) groups is 1. The largest absolute Gasteiger partial charge is 0.465 e. The minimum atomic E-state index is -0.240. The SMILES string of the molecule is CCNC(CSC(C)CCO)C(=O)OCC. The first kappa shape index (κ1) is 15.7. The van der Waals surface area contributed by atoms with Crippen molar-refractivity contribution >= 4 is 17.7 Å². The number of hydrogen-bond donors (Lipinski definition) is 2. The van der Waals surface area contributed by atoms with Gasteiger partial charge in [-0.25, -0.2) is 0 Å². The minimum absolute atomic E-state index is 0.187. The van der Waals surface area contributed by atoms with Crippen LogP contribution in [0.5, 0.6) is 0 Å². The van der Waals surface area contributed by atoms with E-state index in [2.05, 4.69) is 12.2 Å². The summed E-state index contributed by atoms with van der Waals surface area (Å²) >= 11 is 1.68. The third-order valence-electron chi connectivity index (χ3n) is 2.10. The van der Waals surface area contributed by atoms with E-state index in [-0.39, 0.29) is 18.6 Å². The number of rotatable bonds is 9. The molecule has 0 radical (unpaired) electrons. The molecule has 0 aromatic carbocycles. The van der Waals surface area contributed by atoms with Gasteiger partial charge in [0.1, 0.15) is 6.04 Å². The molecule has 0 saturated heterocycles. The molecular formula is C11H23NO3S. The number of aliphatic hydroxyl groups excluding tert-OH is 1. The molecule has 0 aliphatic carbocycles. The van der Waals surface area contributed by atoms with Crippen LogP contribution in [0.2, 0.25) is 0 Å². The molecule has 0 aliphatic heterocycles. The van der Waals surface area contributed by atoms with Gasteiger partial charge in [-0.05, 0) is 19.9 Å². The van der Waals surface area contributed by atoms with E-state index >= 15 is 0 Å². The van der Waals surface area contributed by atoms with E-state index in [9.17, 15) is 4.79 Å². The first-order valence-electron chi connectivity index (χ1n) is 5.78. The smallest absolute Gasteiger partial charge is 0.323 e. The number of thioether (sulfide) groups is 1. The summed E-state index contributed by atoms with van der Waals surface area (Å²) in [6.07, 6.45) is 0.756. The van der Waals surface area contributed by atoms with Crippen molar-refractivity contribution in [2.45, 2.75) is 38.5 Å². The number of likely N-dealkylation sites (N-methyl/N-ethyl adjacent to an activating group) is 1. The van der Waals surface area contributed by atoms with Crippen molar-refractivity contribution in [3.05, 3.63) is 0 Å². The summed E-state index contributed by atoms with van der Waals surface area (Å²) in [4.78, 5) is 11.6. The molecule has 0 aliphatic rings. The molecule has 4 nitrogen and oxygen atoms in total. The Labute approximate surface area is 102 Å². The second-order valence-corrected chi connectivity index (χ2v) is 4.99. The maximum absolute atomic E-state index is 11.6. The van der Waals surface area contributed by atoms with Gasteiger partial charge in [0.25, 0.3) is 0 Å². The van der Waals surface area contributed by atoms with E-state index in [0.29, 0.717) is 17.6 Å². The summed E-state index contributed by atoms with van der Waals surface area (Å²) < 4.78 is 4.98. The van der Waals surface area contributed by atoms with E-state index < -0.39 is 0 Å². The lowest BCUT2D eigenvalue weighted by molar-refractivity contribution is -0.144. The van der Waals surface area contributed by atoms with Gasteiger partial charge in [-0.15, -0.1) is 0 Å². The summed E-state index contributed by atoms with van der Waals surface area (Å²) in [5.41, 5.74) is 0. The molecule has 5 heteroatoms. The van der Waals surface area contributed by atoms with Crippen LogP contribution < -0.4 is 5.32 Å². The Morgan fingerprint density at radius 1 is 1.50 bits per heavy atom. The maximum atomic E-state index is 11.6. The molecule has 0 rings (SSSR count). The lowest BCUT2D eigenvalue weighted by Crippen LogP contribution is -2.40. The van der Waals surface area contributed by atoms with Crippen LogP contribution in [0, 0.1) is 0 Å². The summed E-state index contributed by atoms with van der Waals surface area (Å²) in [5.74, 6) is 0.501. The molecule has 0 heterocycles. The molecule has 96 valence electrons. The van der Waals surface area contributed by atoms with Gasteiger partial charge >= 0.3 is 5.97 Å². The molecule has 16 heavy (non-hydrogen) atoms. The molecule has 0 fully saturated rings. The first-order valence-corrected chi connectivity index (χ1v) is 6.83. The van der Waals surface area contributed by atoms with Crippen molar-refractivity contribution in [1.29, 1.82) is 0 Å². The predicted octanol–water partition coefficient (Wildman–Crippen LogP) is 1.03. The van der Waals surface area contributed by atoms with Crippen LogP contribution in [0.15, 0.2) is 0 Å². The van der Waals surface area contributed by atoms with Gasteiger partial charge in [0, 0.05) is 17.6 Å². The Balaban J connectivity index is 3.97. The highest BCUT2D eigenvalue weighted by Gasteiger charge is 2.19. The molecule has 0 bridgehead atoms. The zero-order valence-corrected chi connectivity index (χ0v) is 11.2. The van der Waals surface area contributed by atoms with Gasteiger partial charge in [0.2, 0.25) is 0 Å². The number of aliphatic hydroxyl groups is 1. The summed E-state index contributed by atoms with van der Waals surface area (Å²) in [6, 6.07) is -0.240. The topological polar surface area (TPSA) is 58.6 Å². The van der Waals surface area contributed by atoms with Crippen molar-refractivity contribution in [1.82, 2.24) is 5.32 Å². The zero-order valence-electron chi connectivity index (χ0n) is 10.4. The summed E-state index contributed by atoms with van der Waals surface area (Å²) in [5, 5.41) is 12.2. The van der Waals surface area contributed by atoms with Crippen LogP contribution >= 0.6 is 11.8 Å². The molecule has 0 aromatic rings. The van der Waals surface area contributed by atoms with Crippen LogP contribution in [-0.4, -0.2) is 47.9 Å². The highest BCUT2D eigenvalue weighted by atomic mass is 32.2. The van der Waals surface area contributed by atoms with Crippen LogP contribution in [0.1, 0.15) is 27.2 Å². The third kappa shape index (κ3) is 7.09. The fourth-order valence-electron chi connectivity index (χ4n) is 1.23. The van der Waals surface area contributed by atoms with Gasteiger partial charge < -0.3 is 15.2 Å². The molecule has 0 saturated carbocycles. The van der Waals surface area contributed by atoms with Gasteiger partial charge in [-0.3, -0.25) is 4.79 Å². The van der Waals surface area contributed by atoms with Crippen molar-refractivity contribution in [3.8, 4) is 0 Å². The summed E-state index contributed by atoms with van der Waals surface area (Å²) in [6.45, 7) is 7.18. The molecular weight excluding hydrogens is 226 g/mol. The highest BCUT2D eigenvalue weighted by molar-refractivity contribution is 7.99. The van der Waals surface area contributed by atoms with Crippen LogP contribution in [0.3, 0.4) is 0 Å². The third-order valence-corrected chi connectivity index (χ3v) is 3.44. The minimum Gasteiger partial charge on any atom is -0.465 e. The van der Waals surface area contributed by atoms with E-state index in [0.717, 1.165) is 13.0 Å². The van der Waals surface area contributed by atoms with Gasteiger partial charge in [-0.1, -0.05) is 13.8 Å². The number of nitrogens with one attached hydrogen (secondary N) is 1. The Bertz CT molecular complexity index is 190. The average Bonchev–Trinajstić information content (AvgIpc) is 2.24. The Morgan fingerprint density at radius 2 is 2.19 bits per heavy atom. The maximum Gasteiger partial charge on any atom is 0.323 e. The van der Waals surface area contributed by atoms with Gasteiger partial charge in [0.15, 0.2) is 0 Å².